The van der Waals surface area contributed by atoms with E-state index in [2.05, 4.69) is 47.8 Å². The number of hydrogen-bond acceptors (Lipinski definition) is 2. The van der Waals surface area contributed by atoms with Crippen LogP contribution in [-0.4, -0.2) is 30.9 Å². The van der Waals surface area contributed by atoms with Gasteiger partial charge in [-0.25, -0.2) is 0 Å². The molecule has 1 heterocycles. The normalized spacial score (nSPS) is 17.4. The van der Waals surface area contributed by atoms with Crippen LogP contribution in [0.15, 0.2) is 54.6 Å². The summed E-state index contributed by atoms with van der Waals surface area (Å²) in [5.74, 6) is 0.421. The van der Waals surface area contributed by atoms with Gasteiger partial charge in [0.05, 0.1) is 6.54 Å². The first-order valence-corrected chi connectivity index (χ1v) is 7.34. The van der Waals surface area contributed by atoms with E-state index in [9.17, 15) is 4.79 Å². The zero-order chi connectivity index (χ0) is 14.7. The van der Waals surface area contributed by atoms with E-state index in [0.717, 1.165) is 6.54 Å². The molecule has 0 spiro atoms. The van der Waals surface area contributed by atoms with E-state index in [1.165, 1.54) is 16.7 Å². The molecule has 2 aromatic rings. The number of nitrogens with one attached hydrogen (secondary N) is 1. The average molecular weight is 280 g/mol. The number of carbonyl (C=O) groups is 1. The summed E-state index contributed by atoms with van der Waals surface area (Å²) in [5.41, 5.74) is 3.87. The number of likely N-dealkylation sites (N-methyl/N-ethyl adjacent to an activating group) is 1. The first-order valence-electron chi connectivity index (χ1n) is 7.34. The number of amides is 1. The topological polar surface area (TPSA) is 32.3 Å². The minimum absolute atomic E-state index is 0.160. The van der Waals surface area contributed by atoms with Gasteiger partial charge in [-0.3, -0.25) is 4.79 Å². The van der Waals surface area contributed by atoms with Crippen molar-refractivity contribution in [1.29, 1.82) is 0 Å². The molecule has 0 fully saturated rings. The van der Waals surface area contributed by atoms with Crippen molar-refractivity contribution in [2.75, 3.05) is 20.1 Å². The molecule has 108 valence electrons. The van der Waals surface area contributed by atoms with Crippen LogP contribution in [0.3, 0.4) is 0 Å². The van der Waals surface area contributed by atoms with Gasteiger partial charge in [0.1, 0.15) is 0 Å². The summed E-state index contributed by atoms with van der Waals surface area (Å²) < 4.78 is 0. The maximum Gasteiger partial charge on any atom is 0.236 e. The summed E-state index contributed by atoms with van der Waals surface area (Å²) in [6.45, 7) is 1.85. The summed E-state index contributed by atoms with van der Waals surface area (Å²) in [6.07, 6.45) is 0. The Morgan fingerprint density at radius 1 is 1.14 bits per heavy atom. The molecule has 21 heavy (non-hydrogen) atoms. The number of benzene rings is 2. The molecule has 0 aliphatic carbocycles. The van der Waals surface area contributed by atoms with E-state index >= 15 is 0 Å². The fourth-order valence-electron chi connectivity index (χ4n) is 3.03. The Balaban J connectivity index is 1.96. The maximum absolute atomic E-state index is 12.2. The number of hydrogen-bond donors (Lipinski definition) is 1. The first-order chi connectivity index (χ1) is 10.3. The highest BCUT2D eigenvalue weighted by atomic mass is 16.2. The van der Waals surface area contributed by atoms with Crippen molar-refractivity contribution in [1.82, 2.24) is 10.2 Å². The highest BCUT2D eigenvalue weighted by Gasteiger charge is 2.28. The van der Waals surface area contributed by atoms with Crippen LogP contribution in [0.5, 0.6) is 0 Å². The second kappa shape index (κ2) is 6.10. The quantitative estimate of drug-likeness (QED) is 0.936. The molecule has 0 aromatic heterocycles. The van der Waals surface area contributed by atoms with Crippen molar-refractivity contribution < 1.29 is 4.79 Å². The summed E-state index contributed by atoms with van der Waals surface area (Å²) in [4.78, 5) is 14.2. The van der Waals surface area contributed by atoms with Crippen LogP contribution in [0, 0.1) is 0 Å². The summed E-state index contributed by atoms with van der Waals surface area (Å²) in [6, 6.07) is 18.9. The Morgan fingerprint density at radius 2 is 1.86 bits per heavy atom. The van der Waals surface area contributed by atoms with E-state index in [1.54, 1.807) is 0 Å². The van der Waals surface area contributed by atoms with Gasteiger partial charge in [-0.2, -0.15) is 0 Å². The largest absolute Gasteiger partial charge is 0.336 e. The number of carbonyl (C=O) groups excluding carboxylic acids is 1. The van der Waals surface area contributed by atoms with E-state index in [0.29, 0.717) is 13.1 Å². The van der Waals surface area contributed by atoms with E-state index in [4.69, 9.17) is 0 Å². The third kappa shape index (κ3) is 2.83. The third-order valence-corrected chi connectivity index (χ3v) is 4.08. The van der Waals surface area contributed by atoms with Gasteiger partial charge in [-0.05, 0) is 23.7 Å². The van der Waals surface area contributed by atoms with Crippen LogP contribution in [0.1, 0.15) is 22.6 Å². The maximum atomic E-state index is 12.2. The average Bonchev–Trinajstić information content (AvgIpc) is 2.55. The Kier molecular flexibility index (Phi) is 4.02. The molecule has 3 nitrogen and oxygen atoms in total. The van der Waals surface area contributed by atoms with Crippen LogP contribution in [0.2, 0.25) is 0 Å². The van der Waals surface area contributed by atoms with E-state index in [1.807, 2.05) is 24.1 Å². The lowest BCUT2D eigenvalue weighted by atomic mass is 9.84. The molecule has 1 amide bonds. The second-order valence-electron chi connectivity index (χ2n) is 5.47. The molecular weight excluding hydrogens is 260 g/mol. The standard InChI is InChI=1S/C18H20N2O/c1-19-11-18(21)20-12-15-9-5-6-10-16(15)17(13-20)14-7-3-2-4-8-14/h2-10,17,19H,11-13H2,1H3. The highest BCUT2D eigenvalue weighted by Crippen LogP contribution is 2.33. The van der Waals surface area contributed by atoms with Crippen molar-refractivity contribution in [3.63, 3.8) is 0 Å². The lowest BCUT2D eigenvalue weighted by Gasteiger charge is -2.35. The summed E-state index contributed by atoms with van der Waals surface area (Å²) >= 11 is 0. The second-order valence-corrected chi connectivity index (χ2v) is 5.47. The molecule has 3 heteroatoms. The molecule has 0 bridgehead atoms. The molecule has 1 aliphatic heterocycles. The van der Waals surface area contributed by atoms with Gasteiger partial charge < -0.3 is 10.2 Å². The number of fused-ring (bicyclic) bond motifs is 1. The predicted octanol–water partition coefficient (Wildman–Crippen LogP) is 2.38. The molecule has 0 radical (unpaired) electrons. The van der Waals surface area contributed by atoms with Crippen LogP contribution < -0.4 is 5.32 Å². The van der Waals surface area contributed by atoms with Gasteiger partial charge in [-0.15, -0.1) is 0 Å². The minimum Gasteiger partial charge on any atom is -0.336 e. The molecular formula is C18H20N2O. The van der Waals surface area contributed by atoms with Gasteiger partial charge >= 0.3 is 0 Å². The van der Waals surface area contributed by atoms with E-state index < -0.39 is 0 Å². The number of rotatable bonds is 3. The molecule has 0 saturated heterocycles. The van der Waals surface area contributed by atoms with Crippen molar-refractivity contribution >= 4 is 5.91 Å². The molecule has 1 N–H and O–H groups in total. The van der Waals surface area contributed by atoms with E-state index in [-0.39, 0.29) is 11.8 Å². The Hall–Kier alpha value is -2.13. The SMILES string of the molecule is CNCC(=O)N1Cc2ccccc2C(c2ccccc2)C1. The first kappa shape index (κ1) is 13.8. The van der Waals surface area contributed by atoms with Crippen LogP contribution in [-0.2, 0) is 11.3 Å². The van der Waals surface area contributed by atoms with Gasteiger partial charge in [0.15, 0.2) is 0 Å². The van der Waals surface area contributed by atoms with Crippen molar-refractivity contribution in [2.45, 2.75) is 12.5 Å². The van der Waals surface area contributed by atoms with Crippen LogP contribution in [0.25, 0.3) is 0 Å². The fraction of sp³-hybridized carbons (Fsp3) is 0.278. The molecule has 3 rings (SSSR count). The Bertz CT molecular complexity index is 624. The monoisotopic (exact) mass is 280 g/mol. The minimum atomic E-state index is 0.160. The molecule has 0 saturated carbocycles. The van der Waals surface area contributed by atoms with Crippen molar-refractivity contribution in [3.8, 4) is 0 Å². The molecule has 1 atom stereocenters. The summed E-state index contributed by atoms with van der Waals surface area (Å²) in [5, 5.41) is 2.95. The van der Waals surface area contributed by atoms with Gasteiger partial charge in [0.2, 0.25) is 5.91 Å². The summed E-state index contributed by atoms with van der Waals surface area (Å²) in [7, 11) is 1.81. The Labute approximate surface area is 125 Å². The lowest BCUT2D eigenvalue weighted by molar-refractivity contribution is -0.131. The van der Waals surface area contributed by atoms with Crippen LogP contribution in [0.4, 0.5) is 0 Å². The lowest BCUT2D eigenvalue weighted by Crippen LogP contribution is -2.42. The van der Waals surface area contributed by atoms with Crippen molar-refractivity contribution in [2.24, 2.45) is 0 Å². The molecule has 1 aliphatic rings. The van der Waals surface area contributed by atoms with Gasteiger partial charge in [-0.1, -0.05) is 54.6 Å². The highest BCUT2D eigenvalue weighted by molar-refractivity contribution is 5.78. The predicted molar refractivity (Wildman–Crippen MR) is 84.1 cm³/mol. The number of nitrogens with zero attached hydrogens (tertiary/aromatic N) is 1. The van der Waals surface area contributed by atoms with Gasteiger partial charge in [0.25, 0.3) is 0 Å². The smallest absolute Gasteiger partial charge is 0.236 e. The molecule has 2 aromatic carbocycles. The Morgan fingerprint density at radius 3 is 2.62 bits per heavy atom. The zero-order valence-electron chi connectivity index (χ0n) is 12.3. The van der Waals surface area contributed by atoms with Crippen LogP contribution >= 0.6 is 0 Å². The fourth-order valence-corrected chi connectivity index (χ4v) is 3.03. The van der Waals surface area contributed by atoms with Crippen molar-refractivity contribution in [3.05, 3.63) is 71.3 Å². The van der Waals surface area contributed by atoms with Gasteiger partial charge in [0, 0.05) is 19.0 Å². The molecule has 1 unspecified atom stereocenters. The zero-order valence-corrected chi connectivity index (χ0v) is 12.3. The third-order valence-electron chi connectivity index (χ3n) is 4.08.